The number of anilines is 1. The SMILES string of the molecule is Cc1cccc(S(=O)(=O)Nc2cccc(C)c2C)c1. The summed E-state index contributed by atoms with van der Waals surface area (Å²) in [5, 5.41) is 0. The van der Waals surface area contributed by atoms with Crippen LogP contribution in [0.3, 0.4) is 0 Å². The smallest absolute Gasteiger partial charge is 0.261 e. The lowest BCUT2D eigenvalue weighted by atomic mass is 10.1. The second-order valence-corrected chi connectivity index (χ2v) is 6.35. The van der Waals surface area contributed by atoms with Crippen molar-refractivity contribution in [1.29, 1.82) is 0 Å². The quantitative estimate of drug-likeness (QED) is 0.933. The maximum Gasteiger partial charge on any atom is 0.261 e. The highest BCUT2D eigenvalue weighted by Gasteiger charge is 2.15. The second-order valence-electron chi connectivity index (χ2n) is 4.67. The highest BCUT2D eigenvalue weighted by molar-refractivity contribution is 7.92. The Balaban J connectivity index is 2.39. The zero-order chi connectivity index (χ0) is 14.0. The van der Waals surface area contributed by atoms with Gasteiger partial charge in [0.05, 0.1) is 10.6 Å². The van der Waals surface area contributed by atoms with Crippen LogP contribution in [0.1, 0.15) is 16.7 Å². The summed E-state index contributed by atoms with van der Waals surface area (Å²) in [6.07, 6.45) is 0. The van der Waals surface area contributed by atoms with E-state index >= 15 is 0 Å². The number of sulfonamides is 1. The molecular formula is C15H17NO2S. The summed E-state index contributed by atoms with van der Waals surface area (Å²) < 4.78 is 27.3. The Labute approximate surface area is 114 Å². The van der Waals surface area contributed by atoms with Gasteiger partial charge in [0.25, 0.3) is 10.0 Å². The van der Waals surface area contributed by atoms with E-state index in [1.165, 1.54) is 0 Å². The number of benzene rings is 2. The summed E-state index contributed by atoms with van der Waals surface area (Å²) in [7, 11) is -3.53. The molecule has 100 valence electrons. The summed E-state index contributed by atoms with van der Waals surface area (Å²) in [6, 6.07) is 12.4. The van der Waals surface area contributed by atoms with E-state index in [-0.39, 0.29) is 4.90 Å². The first-order valence-corrected chi connectivity index (χ1v) is 7.54. The zero-order valence-corrected chi connectivity index (χ0v) is 12.1. The van der Waals surface area contributed by atoms with E-state index in [9.17, 15) is 8.42 Å². The summed E-state index contributed by atoms with van der Waals surface area (Å²) >= 11 is 0. The van der Waals surface area contributed by atoms with Crippen LogP contribution < -0.4 is 4.72 Å². The maximum atomic E-state index is 12.3. The molecule has 0 bridgehead atoms. The predicted octanol–water partition coefficient (Wildman–Crippen LogP) is 3.41. The van der Waals surface area contributed by atoms with Crippen molar-refractivity contribution < 1.29 is 8.42 Å². The lowest BCUT2D eigenvalue weighted by Gasteiger charge is -2.12. The first-order valence-electron chi connectivity index (χ1n) is 6.06. The van der Waals surface area contributed by atoms with Gasteiger partial charge < -0.3 is 0 Å². The van der Waals surface area contributed by atoms with Gasteiger partial charge in [-0.1, -0.05) is 24.3 Å². The summed E-state index contributed by atoms with van der Waals surface area (Å²) in [5.74, 6) is 0. The molecule has 2 aromatic rings. The average Bonchev–Trinajstić information content (AvgIpc) is 2.35. The minimum absolute atomic E-state index is 0.286. The molecule has 0 aliphatic rings. The Morgan fingerprint density at radius 3 is 2.32 bits per heavy atom. The highest BCUT2D eigenvalue weighted by Crippen LogP contribution is 2.22. The Morgan fingerprint density at radius 2 is 1.63 bits per heavy atom. The lowest BCUT2D eigenvalue weighted by Crippen LogP contribution is -2.14. The Bertz CT molecular complexity index is 706. The molecule has 0 fully saturated rings. The van der Waals surface area contributed by atoms with Crippen LogP contribution in [0.25, 0.3) is 0 Å². The van der Waals surface area contributed by atoms with Gasteiger partial charge in [0.1, 0.15) is 0 Å². The van der Waals surface area contributed by atoms with Gasteiger partial charge in [-0.15, -0.1) is 0 Å². The Morgan fingerprint density at radius 1 is 0.947 bits per heavy atom. The van der Waals surface area contributed by atoms with Gasteiger partial charge in [-0.05, 0) is 55.7 Å². The molecule has 0 atom stereocenters. The van der Waals surface area contributed by atoms with Crippen LogP contribution in [0.15, 0.2) is 47.4 Å². The number of hydrogen-bond acceptors (Lipinski definition) is 2. The van der Waals surface area contributed by atoms with E-state index in [1.807, 2.05) is 39.0 Å². The fourth-order valence-electron chi connectivity index (χ4n) is 1.85. The molecule has 3 nitrogen and oxygen atoms in total. The van der Waals surface area contributed by atoms with Gasteiger partial charge in [0.2, 0.25) is 0 Å². The number of rotatable bonds is 3. The van der Waals surface area contributed by atoms with Crippen molar-refractivity contribution in [2.75, 3.05) is 4.72 Å². The van der Waals surface area contributed by atoms with Crippen LogP contribution in [-0.4, -0.2) is 8.42 Å². The minimum Gasteiger partial charge on any atom is -0.279 e. The van der Waals surface area contributed by atoms with Gasteiger partial charge in [-0.25, -0.2) is 8.42 Å². The van der Waals surface area contributed by atoms with Crippen LogP contribution in [0.4, 0.5) is 5.69 Å². The second kappa shape index (κ2) is 5.05. The molecule has 0 radical (unpaired) electrons. The van der Waals surface area contributed by atoms with Crippen LogP contribution in [0, 0.1) is 20.8 Å². The number of aryl methyl sites for hydroxylation is 2. The molecule has 0 saturated heterocycles. The topological polar surface area (TPSA) is 46.2 Å². The van der Waals surface area contributed by atoms with Crippen LogP contribution in [0.2, 0.25) is 0 Å². The van der Waals surface area contributed by atoms with Gasteiger partial charge >= 0.3 is 0 Å². The standard InChI is InChI=1S/C15H17NO2S/c1-11-6-4-8-14(10-11)19(17,18)16-15-9-5-7-12(2)13(15)3/h4-10,16H,1-3H3. The summed E-state index contributed by atoms with van der Waals surface area (Å²) in [5.41, 5.74) is 3.55. The molecule has 19 heavy (non-hydrogen) atoms. The normalized spacial score (nSPS) is 11.3. The van der Waals surface area contributed by atoms with Gasteiger partial charge in [0, 0.05) is 0 Å². The molecule has 0 saturated carbocycles. The van der Waals surface area contributed by atoms with E-state index in [1.54, 1.807) is 24.3 Å². The fraction of sp³-hybridized carbons (Fsp3) is 0.200. The van der Waals surface area contributed by atoms with E-state index < -0.39 is 10.0 Å². The van der Waals surface area contributed by atoms with Crippen molar-refractivity contribution in [2.24, 2.45) is 0 Å². The van der Waals surface area contributed by atoms with Crippen molar-refractivity contribution >= 4 is 15.7 Å². The van der Waals surface area contributed by atoms with Gasteiger partial charge in [0.15, 0.2) is 0 Å². The lowest BCUT2D eigenvalue weighted by molar-refractivity contribution is 0.601. The van der Waals surface area contributed by atoms with E-state index in [4.69, 9.17) is 0 Å². The molecule has 0 aliphatic heterocycles. The molecule has 2 aromatic carbocycles. The predicted molar refractivity (Wildman–Crippen MR) is 77.9 cm³/mol. The van der Waals surface area contributed by atoms with Crippen molar-refractivity contribution in [3.63, 3.8) is 0 Å². The van der Waals surface area contributed by atoms with Crippen LogP contribution >= 0.6 is 0 Å². The molecule has 0 spiro atoms. The molecule has 4 heteroatoms. The van der Waals surface area contributed by atoms with Gasteiger partial charge in [-0.2, -0.15) is 0 Å². The van der Waals surface area contributed by atoms with E-state index in [0.29, 0.717) is 5.69 Å². The van der Waals surface area contributed by atoms with E-state index in [2.05, 4.69) is 4.72 Å². The molecule has 2 rings (SSSR count). The van der Waals surface area contributed by atoms with Crippen molar-refractivity contribution in [2.45, 2.75) is 25.7 Å². The van der Waals surface area contributed by atoms with E-state index in [0.717, 1.165) is 16.7 Å². The van der Waals surface area contributed by atoms with Crippen LogP contribution in [0.5, 0.6) is 0 Å². The maximum absolute atomic E-state index is 12.3. The third kappa shape index (κ3) is 2.96. The third-order valence-electron chi connectivity index (χ3n) is 3.15. The third-order valence-corrected chi connectivity index (χ3v) is 4.51. The molecule has 0 unspecified atom stereocenters. The van der Waals surface area contributed by atoms with Gasteiger partial charge in [-0.3, -0.25) is 4.72 Å². The fourth-order valence-corrected chi connectivity index (χ4v) is 3.08. The monoisotopic (exact) mass is 275 g/mol. The van der Waals surface area contributed by atoms with Crippen molar-refractivity contribution in [3.8, 4) is 0 Å². The molecule has 0 amide bonds. The molecule has 0 heterocycles. The Kier molecular flexibility index (Phi) is 3.62. The zero-order valence-electron chi connectivity index (χ0n) is 11.3. The number of nitrogens with one attached hydrogen (secondary N) is 1. The van der Waals surface area contributed by atoms with Crippen LogP contribution in [-0.2, 0) is 10.0 Å². The first-order chi connectivity index (χ1) is 8.90. The summed E-state index contributed by atoms with van der Waals surface area (Å²) in [6.45, 7) is 5.74. The van der Waals surface area contributed by atoms with Crippen molar-refractivity contribution in [3.05, 3.63) is 59.2 Å². The number of hydrogen-bond donors (Lipinski definition) is 1. The summed E-state index contributed by atoms with van der Waals surface area (Å²) in [4.78, 5) is 0.286. The first kappa shape index (κ1) is 13.6. The molecule has 1 N–H and O–H groups in total. The minimum atomic E-state index is -3.53. The molecule has 0 aromatic heterocycles. The molecule has 0 aliphatic carbocycles. The largest absolute Gasteiger partial charge is 0.279 e. The molecular weight excluding hydrogens is 258 g/mol. The average molecular weight is 275 g/mol. The highest BCUT2D eigenvalue weighted by atomic mass is 32.2. The Hall–Kier alpha value is -1.81. The van der Waals surface area contributed by atoms with Crippen molar-refractivity contribution in [1.82, 2.24) is 0 Å².